The molecule has 1 atom stereocenters. The molecule has 0 bridgehead atoms. The van der Waals surface area contributed by atoms with Crippen LogP contribution in [0.1, 0.15) is 40.0 Å². The van der Waals surface area contributed by atoms with Crippen LogP contribution < -0.4 is 5.73 Å². The van der Waals surface area contributed by atoms with E-state index >= 15 is 0 Å². The fraction of sp³-hybridized carbons (Fsp3) is 0.917. The Morgan fingerprint density at radius 3 is 2.31 bits per heavy atom. The molecule has 0 aliphatic carbocycles. The van der Waals surface area contributed by atoms with Crippen LogP contribution >= 0.6 is 0 Å². The van der Waals surface area contributed by atoms with E-state index in [0.29, 0.717) is 6.42 Å². The summed E-state index contributed by atoms with van der Waals surface area (Å²) >= 11 is 0. The van der Waals surface area contributed by atoms with Gasteiger partial charge in [0, 0.05) is 0 Å². The van der Waals surface area contributed by atoms with Crippen molar-refractivity contribution in [1.29, 1.82) is 0 Å². The Bertz CT molecular complexity index is 210. The van der Waals surface area contributed by atoms with Gasteiger partial charge in [0.25, 0.3) is 0 Å². The van der Waals surface area contributed by atoms with Gasteiger partial charge in [0.15, 0.2) is 0 Å². The monoisotopic (exact) mass is 230 g/mol. The van der Waals surface area contributed by atoms with Crippen molar-refractivity contribution in [1.82, 2.24) is 4.90 Å². The third-order valence-electron chi connectivity index (χ3n) is 2.08. The molecule has 16 heavy (non-hydrogen) atoms. The molecule has 0 unspecified atom stereocenters. The number of ether oxygens (including phenoxy) is 1. The summed E-state index contributed by atoms with van der Waals surface area (Å²) in [5.41, 5.74) is 5.31. The highest BCUT2D eigenvalue weighted by atomic mass is 16.6. The van der Waals surface area contributed by atoms with Gasteiger partial charge in [-0.15, -0.1) is 0 Å². The quantitative estimate of drug-likeness (QED) is 0.553. The number of unbranched alkanes of at least 4 members (excludes halogenated alkanes) is 1. The first-order valence-electron chi connectivity index (χ1n) is 5.85. The summed E-state index contributed by atoms with van der Waals surface area (Å²) < 4.78 is 5.20. The molecule has 0 radical (unpaired) electrons. The Labute approximate surface area is 99.1 Å². The molecule has 0 aromatic rings. The molecule has 4 heteroatoms. The molecule has 2 N–H and O–H groups in total. The Kier molecular flexibility index (Phi) is 6.60. The van der Waals surface area contributed by atoms with Gasteiger partial charge in [0.2, 0.25) is 0 Å². The van der Waals surface area contributed by atoms with E-state index in [1.807, 2.05) is 34.9 Å². The van der Waals surface area contributed by atoms with E-state index in [4.69, 9.17) is 10.5 Å². The van der Waals surface area contributed by atoms with Crippen molar-refractivity contribution in [2.75, 3.05) is 20.6 Å². The lowest BCUT2D eigenvalue weighted by Gasteiger charge is -2.22. The number of hydrogen-bond donors (Lipinski definition) is 1. The molecule has 0 aromatic heterocycles. The van der Waals surface area contributed by atoms with Crippen LogP contribution in [0.5, 0.6) is 0 Å². The average Bonchev–Trinajstić information content (AvgIpc) is 2.08. The van der Waals surface area contributed by atoms with E-state index in [1.165, 1.54) is 0 Å². The first-order valence-corrected chi connectivity index (χ1v) is 5.85. The summed E-state index contributed by atoms with van der Waals surface area (Å²) in [6, 6.07) is -0.485. The predicted molar refractivity (Wildman–Crippen MR) is 66.2 cm³/mol. The minimum absolute atomic E-state index is 0.294. The van der Waals surface area contributed by atoms with Gasteiger partial charge in [-0.05, 0) is 54.3 Å². The zero-order valence-electron chi connectivity index (χ0n) is 11.2. The van der Waals surface area contributed by atoms with Gasteiger partial charge in [0.1, 0.15) is 11.6 Å². The zero-order valence-corrected chi connectivity index (χ0v) is 11.2. The highest BCUT2D eigenvalue weighted by Crippen LogP contribution is 2.10. The van der Waals surface area contributed by atoms with Crippen LogP contribution in [0.2, 0.25) is 0 Å². The first kappa shape index (κ1) is 15.4. The van der Waals surface area contributed by atoms with E-state index in [-0.39, 0.29) is 5.97 Å². The number of nitrogens with zero attached hydrogens (tertiary/aromatic N) is 1. The van der Waals surface area contributed by atoms with Crippen molar-refractivity contribution >= 4 is 5.97 Å². The first-order chi connectivity index (χ1) is 7.22. The molecule has 0 aromatic carbocycles. The molecule has 0 aliphatic rings. The molecule has 0 saturated heterocycles. The van der Waals surface area contributed by atoms with Crippen LogP contribution in [-0.4, -0.2) is 43.2 Å². The fourth-order valence-electron chi connectivity index (χ4n) is 1.29. The van der Waals surface area contributed by atoms with Crippen molar-refractivity contribution in [3.8, 4) is 0 Å². The standard InChI is InChI=1S/C12H26N2O2/c1-12(2,3)16-11(15)10(13)8-6-7-9-14(4)5/h10H,6-9,13H2,1-5H3/t10-/m0/s1. The third-order valence-corrected chi connectivity index (χ3v) is 2.08. The molecule has 0 spiro atoms. The Hall–Kier alpha value is -0.610. The van der Waals surface area contributed by atoms with Crippen LogP contribution in [-0.2, 0) is 9.53 Å². The number of carbonyl (C=O) groups excluding carboxylic acids is 1. The van der Waals surface area contributed by atoms with Crippen LogP contribution in [0.25, 0.3) is 0 Å². The zero-order chi connectivity index (χ0) is 12.8. The van der Waals surface area contributed by atoms with Gasteiger partial charge in [-0.25, -0.2) is 0 Å². The Morgan fingerprint density at radius 2 is 1.88 bits per heavy atom. The van der Waals surface area contributed by atoms with E-state index in [1.54, 1.807) is 0 Å². The molecule has 0 rings (SSSR count). The van der Waals surface area contributed by atoms with Crippen molar-refractivity contribution in [2.45, 2.75) is 51.7 Å². The van der Waals surface area contributed by atoms with Crippen LogP contribution in [0.3, 0.4) is 0 Å². The van der Waals surface area contributed by atoms with E-state index in [0.717, 1.165) is 19.4 Å². The molecular weight excluding hydrogens is 204 g/mol. The lowest BCUT2D eigenvalue weighted by atomic mass is 10.1. The number of rotatable bonds is 6. The van der Waals surface area contributed by atoms with Gasteiger partial charge in [-0.1, -0.05) is 6.42 Å². The van der Waals surface area contributed by atoms with Gasteiger partial charge in [-0.3, -0.25) is 4.79 Å². The molecule has 0 aliphatic heterocycles. The van der Waals surface area contributed by atoms with Crippen molar-refractivity contribution in [3.63, 3.8) is 0 Å². The second-order valence-corrected chi connectivity index (χ2v) is 5.44. The van der Waals surface area contributed by atoms with Crippen molar-refractivity contribution in [3.05, 3.63) is 0 Å². The Balaban J connectivity index is 3.72. The third kappa shape index (κ3) is 8.68. The number of carbonyl (C=O) groups is 1. The number of hydrogen-bond acceptors (Lipinski definition) is 4. The van der Waals surface area contributed by atoms with Crippen molar-refractivity contribution in [2.24, 2.45) is 5.73 Å². The van der Waals surface area contributed by atoms with Crippen molar-refractivity contribution < 1.29 is 9.53 Å². The SMILES string of the molecule is CN(C)CCCC[C@H](N)C(=O)OC(C)(C)C. The van der Waals surface area contributed by atoms with Gasteiger partial charge >= 0.3 is 5.97 Å². The number of esters is 1. The smallest absolute Gasteiger partial charge is 0.323 e. The summed E-state index contributed by atoms with van der Waals surface area (Å²) in [4.78, 5) is 13.7. The minimum atomic E-state index is -0.485. The van der Waals surface area contributed by atoms with Crippen LogP contribution in [0.4, 0.5) is 0 Å². The van der Waals surface area contributed by atoms with Gasteiger partial charge in [-0.2, -0.15) is 0 Å². The molecule has 0 fully saturated rings. The van der Waals surface area contributed by atoms with E-state index < -0.39 is 11.6 Å². The van der Waals surface area contributed by atoms with Crippen LogP contribution in [0, 0.1) is 0 Å². The lowest BCUT2D eigenvalue weighted by Crippen LogP contribution is -2.37. The minimum Gasteiger partial charge on any atom is -0.459 e. The molecule has 4 nitrogen and oxygen atoms in total. The average molecular weight is 230 g/mol. The number of nitrogens with two attached hydrogens (primary N) is 1. The van der Waals surface area contributed by atoms with Crippen LogP contribution in [0.15, 0.2) is 0 Å². The largest absolute Gasteiger partial charge is 0.459 e. The second-order valence-electron chi connectivity index (χ2n) is 5.44. The summed E-state index contributed by atoms with van der Waals surface area (Å²) in [5, 5.41) is 0. The Morgan fingerprint density at radius 1 is 1.31 bits per heavy atom. The summed E-state index contributed by atoms with van der Waals surface area (Å²) in [6.45, 7) is 6.58. The normalized spacial score (nSPS) is 13.9. The van der Waals surface area contributed by atoms with E-state index in [2.05, 4.69) is 4.90 Å². The molecule has 0 amide bonds. The van der Waals surface area contributed by atoms with Gasteiger partial charge < -0.3 is 15.4 Å². The second kappa shape index (κ2) is 6.86. The molecular formula is C12H26N2O2. The lowest BCUT2D eigenvalue weighted by molar-refractivity contribution is -0.156. The highest BCUT2D eigenvalue weighted by Gasteiger charge is 2.21. The predicted octanol–water partition coefficient (Wildman–Crippen LogP) is 1.39. The highest BCUT2D eigenvalue weighted by molar-refractivity contribution is 5.75. The van der Waals surface area contributed by atoms with Gasteiger partial charge in [0.05, 0.1) is 0 Å². The summed E-state index contributed by atoms with van der Waals surface area (Å²) in [7, 11) is 4.07. The molecule has 0 heterocycles. The maximum absolute atomic E-state index is 11.5. The summed E-state index contributed by atoms with van der Waals surface area (Å²) in [6.07, 6.45) is 2.71. The maximum atomic E-state index is 11.5. The summed E-state index contributed by atoms with van der Waals surface area (Å²) in [5.74, 6) is -0.294. The molecule has 0 saturated carbocycles. The fourth-order valence-corrected chi connectivity index (χ4v) is 1.29. The maximum Gasteiger partial charge on any atom is 0.323 e. The molecule has 96 valence electrons. The topological polar surface area (TPSA) is 55.6 Å². The van der Waals surface area contributed by atoms with E-state index in [9.17, 15) is 4.79 Å².